The first-order valence-electron chi connectivity index (χ1n) is 6.61. The average molecular weight is 306 g/mol. The second-order valence-corrected chi connectivity index (χ2v) is 4.91. The first-order chi connectivity index (χ1) is 10.1. The molecule has 2 aromatic carbocycles. The van der Waals surface area contributed by atoms with E-state index in [4.69, 9.17) is 11.6 Å². The second kappa shape index (κ2) is 6.95. The number of nitrogens with one attached hydrogen (secondary N) is 2. The summed E-state index contributed by atoms with van der Waals surface area (Å²) in [4.78, 5) is 10.9. The van der Waals surface area contributed by atoms with Gasteiger partial charge in [-0.25, -0.2) is 0 Å². The van der Waals surface area contributed by atoms with Crippen LogP contribution in [0.2, 0.25) is 5.02 Å². The van der Waals surface area contributed by atoms with Crippen LogP contribution in [0.1, 0.15) is 12.5 Å². The molecule has 110 valence electrons. The minimum Gasteiger partial charge on any atom is -0.380 e. The molecule has 0 bridgehead atoms. The largest absolute Gasteiger partial charge is 0.380 e. The lowest BCUT2D eigenvalue weighted by Gasteiger charge is -2.11. The Bertz CT molecular complexity index is 629. The highest BCUT2D eigenvalue weighted by Crippen LogP contribution is 2.33. The molecule has 0 saturated carbocycles. The van der Waals surface area contributed by atoms with Crippen molar-refractivity contribution in [3.05, 3.63) is 63.2 Å². The number of nitro benzene ring substituents is 1. The monoisotopic (exact) mass is 305 g/mol. The van der Waals surface area contributed by atoms with E-state index in [2.05, 4.69) is 10.6 Å². The molecule has 0 aliphatic heterocycles. The summed E-state index contributed by atoms with van der Waals surface area (Å²) in [6.07, 6.45) is 0. The molecule has 0 aliphatic carbocycles. The maximum atomic E-state index is 11.3. The van der Waals surface area contributed by atoms with Crippen LogP contribution >= 0.6 is 11.6 Å². The Morgan fingerprint density at radius 2 is 1.71 bits per heavy atom. The van der Waals surface area contributed by atoms with E-state index in [0.717, 1.165) is 5.56 Å². The van der Waals surface area contributed by atoms with E-state index in [-0.39, 0.29) is 10.6 Å². The molecular formula is C15H16ClN3O2. The van der Waals surface area contributed by atoms with Crippen molar-refractivity contribution in [2.24, 2.45) is 0 Å². The summed E-state index contributed by atoms with van der Waals surface area (Å²) >= 11 is 5.83. The van der Waals surface area contributed by atoms with Gasteiger partial charge in [-0.3, -0.25) is 10.1 Å². The van der Waals surface area contributed by atoms with Gasteiger partial charge in [-0.05, 0) is 36.8 Å². The minimum atomic E-state index is -0.373. The molecule has 21 heavy (non-hydrogen) atoms. The van der Waals surface area contributed by atoms with Crippen molar-refractivity contribution in [2.45, 2.75) is 13.5 Å². The normalized spacial score (nSPS) is 10.2. The third-order valence-electron chi connectivity index (χ3n) is 2.98. The van der Waals surface area contributed by atoms with Gasteiger partial charge in [0.05, 0.1) is 4.92 Å². The van der Waals surface area contributed by atoms with Gasteiger partial charge in [0.2, 0.25) is 0 Å². The van der Waals surface area contributed by atoms with Crippen LogP contribution in [0.15, 0.2) is 42.5 Å². The number of para-hydroxylation sites is 1. The molecule has 0 aromatic heterocycles. The predicted molar refractivity (Wildman–Crippen MR) is 86.0 cm³/mol. The maximum absolute atomic E-state index is 11.3. The molecule has 2 N–H and O–H groups in total. The van der Waals surface area contributed by atoms with Crippen LogP contribution in [0.3, 0.4) is 0 Å². The van der Waals surface area contributed by atoms with E-state index in [1.807, 2.05) is 19.1 Å². The summed E-state index contributed by atoms with van der Waals surface area (Å²) in [7, 11) is 0. The van der Waals surface area contributed by atoms with Gasteiger partial charge in [0, 0.05) is 18.1 Å². The maximum Gasteiger partial charge on any atom is 0.315 e. The van der Waals surface area contributed by atoms with E-state index < -0.39 is 0 Å². The molecule has 0 radical (unpaired) electrons. The van der Waals surface area contributed by atoms with E-state index in [1.165, 1.54) is 0 Å². The highest BCUT2D eigenvalue weighted by atomic mass is 35.5. The van der Waals surface area contributed by atoms with Crippen molar-refractivity contribution < 1.29 is 4.92 Å². The average Bonchev–Trinajstić information content (AvgIpc) is 2.47. The summed E-state index contributed by atoms with van der Waals surface area (Å²) in [5.74, 6) is 0. The van der Waals surface area contributed by atoms with E-state index in [0.29, 0.717) is 29.5 Å². The van der Waals surface area contributed by atoms with Crippen LogP contribution in [0.25, 0.3) is 0 Å². The fourth-order valence-electron chi connectivity index (χ4n) is 2.02. The molecule has 6 heteroatoms. The van der Waals surface area contributed by atoms with Crippen molar-refractivity contribution in [1.29, 1.82) is 0 Å². The lowest BCUT2D eigenvalue weighted by Crippen LogP contribution is -2.06. The van der Waals surface area contributed by atoms with Gasteiger partial charge in [-0.1, -0.05) is 29.8 Å². The first kappa shape index (κ1) is 15.1. The van der Waals surface area contributed by atoms with Crippen molar-refractivity contribution >= 4 is 28.7 Å². The van der Waals surface area contributed by atoms with Crippen molar-refractivity contribution in [1.82, 2.24) is 0 Å². The lowest BCUT2D eigenvalue weighted by atomic mass is 10.2. The minimum absolute atomic E-state index is 0.0633. The standard InChI is InChI=1S/C15H16ClN3O2/c1-2-17-13-4-3-5-14(15(13)19(20)21)18-10-11-6-8-12(16)9-7-11/h3-9,17-18H,2,10H2,1H3. The van der Waals surface area contributed by atoms with E-state index >= 15 is 0 Å². The van der Waals surface area contributed by atoms with Gasteiger partial charge in [0.25, 0.3) is 0 Å². The fraction of sp³-hybridized carbons (Fsp3) is 0.200. The van der Waals surface area contributed by atoms with Gasteiger partial charge < -0.3 is 10.6 Å². The smallest absolute Gasteiger partial charge is 0.315 e. The Morgan fingerprint density at radius 3 is 2.29 bits per heavy atom. The lowest BCUT2D eigenvalue weighted by molar-refractivity contribution is -0.383. The quantitative estimate of drug-likeness (QED) is 0.617. The Hall–Kier alpha value is -2.27. The number of hydrogen-bond donors (Lipinski definition) is 2. The van der Waals surface area contributed by atoms with Crippen LogP contribution < -0.4 is 10.6 Å². The Morgan fingerprint density at radius 1 is 1.10 bits per heavy atom. The molecular weight excluding hydrogens is 290 g/mol. The summed E-state index contributed by atoms with van der Waals surface area (Å²) in [5, 5.41) is 18.1. The van der Waals surface area contributed by atoms with Crippen molar-refractivity contribution in [3.63, 3.8) is 0 Å². The molecule has 0 fully saturated rings. The number of hydrogen-bond acceptors (Lipinski definition) is 4. The number of benzene rings is 2. The summed E-state index contributed by atoms with van der Waals surface area (Å²) in [5.41, 5.74) is 2.08. The molecule has 0 spiro atoms. The molecule has 0 saturated heterocycles. The number of halogens is 1. The third kappa shape index (κ3) is 3.86. The summed E-state index contributed by atoms with van der Waals surface area (Å²) in [6, 6.07) is 12.5. The molecule has 0 atom stereocenters. The zero-order valence-corrected chi connectivity index (χ0v) is 12.4. The van der Waals surface area contributed by atoms with Crippen molar-refractivity contribution in [2.75, 3.05) is 17.2 Å². The molecule has 5 nitrogen and oxygen atoms in total. The Kier molecular flexibility index (Phi) is 5.00. The van der Waals surface area contributed by atoms with Gasteiger partial charge in [-0.2, -0.15) is 0 Å². The number of nitrogens with zero attached hydrogens (tertiary/aromatic N) is 1. The van der Waals surface area contributed by atoms with E-state index in [1.54, 1.807) is 30.3 Å². The second-order valence-electron chi connectivity index (χ2n) is 4.47. The molecule has 0 aliphatic rings. The summed E-state index contributed by atoms with van der Waals surface area (Å²) in [6.45, 7) is 3.02. The SMILES string of the molecule is CCNc1cccc(NCc2ccc(Cl)cc2)c1[N+](=O)[O-]. The van der Waals surface area contributed by atoms with Crippen LogP contribution in [-0.4, -0.2) is 11.5 Å². The number of nitro groups is 1. The van der Waals surface area contributed by atoms with Crippen LogP contribution in [-0.2, 0) is 6.54 Å². The summed E-state index contributed by atoms with van der Waals surface area (Å²) < 4.78 is 0. The van der Waals surface area contributed by atoms with Gasteiger partial charge >= 0.3 is 5.69 Å². The third-order valence-corrected chi connectivity index (χ3v) is 3.23. The van der Waals surface area contributed by atoms with Gasteiger partial charge in [0.1, 0.15) is 11.4 Å². The molecule has 0 unspecified atom stereocenters. The van der Waals surface area contributed by atoms with Crippen LogP contribution in [0.4, 0.5) is 17.1 Å². The number of anilines is 2. The van der Waals surface area contributed by atoms with Crippen molar-refractivity contribution in [3.8, 4) is 0 Å². The molecule has 0 amide bonds. The van der Waals surface area contributed by atoms with E-state index in [9.17, 15) is 10.1 Å². The Balaban J connectivity index is 2.21. The van der Waals surface area contributed by atoms with Gasteiger partial charge in [0.15, 0.2) is 0 Å². The predicted octanol–water partition coefficient (Wildman–Crippen LogP) is 4.29. The highest BCUT2D eigenvalue weighted by molar-refractivity contribution is 6.30. The highest BCUT2D eigenvalue weighted by Gasteiger charge is 2.18. The van der Waals surface area contributed by atoms with Crippen LogP contribution in [0, 0.1) is 10.1 Å². The van der Waals surface area contributed by atoms with Gasteiger partial charge in [-0.15, -0.1) is 0 Å². The Labute approximate surface area is 128 Å². The number of rotatable bonds is 6. The molecule has 0 heterocycles. The first-order valence-corrected chi connectivity index (χ1v) is 6.99. The topological polar surface area (TPSA) is 67.2 Å². The molecule has 2 rings (SSSR count). The fourth-order valence-corrected chi connectivity index (χ4v) is 2.14. The zero-order chi connectivity index (χ0) is 15.2. The molecule has 2 aromatic rings. The van der Waals surface area contributed by atoms with Crippen LogP contribution in [0.5, 0.6) is 0 Å². The zero-order valence-electron chi connectivity index (χ0n) is 11.6.